The molecule has 1 heterocycles. The summed E-state index contributed by atoms with van der Waals surface area (Å²) < 4.78 is 10.9. The molecule has 0 N–H and O–H groups in total. The smallest absolute Gasteiger partial charge is 0.185 e. The maximum Gasteiger partial charge on any atom is 0.185 e. The number of thioether (sulfide) groups is 1. The number of ether oxygens (including phenoxy) is 2. The second-order valence-electron chi connectivity index (χ2n) is 4.27. The molecule has 1 saturated heterocycles. The lowest BCUT2D eigenvalue weighted by atomic mass is 10.1. The number of rotatable bonds is 5. The number of hydrogen-bond acceptors (Lipinski definition) is 4. The molecule has 1 aliphatic heterocycles. The van der Waals surface area contributed by atoms with Gasteiger partial charge in [0.15, 0.2) is 11.4 Å². The summed E-state index contributed by atoms with van der Waals surface area (Å²) in [5.74, 6) is 0.841. The molecule has 0 unspecified atom stereocenters. The van der Waals surface area contributed by atoms with Crippen LogP contribution in [0.5, 0.6) is 0 Å². The summed E-state index contributed by atoms with van der Waals surface area (Å²) in [4.78, 5) is 10.8. The first-order valence-electron chi connectivity index (χ1n) is 6.39. The topological polar surface area (TPSA) is 35.5 Å². The quantitative estimate of drug-likeness (QED) is 0.773. The summed E-state index contributed by atoms with van der Waals surface area (Å²) in [6.07, 6.45) is 4.86. The third-order valence-corrected chi connectivity index (χ3v) is 3.58. The molecule has 0 radical (unpaired) electrons. The highest BCUT2D eigenvalue weighted by atomic mass is 32.2. The minimum atomic E-state index is -0.204. The summed E-state index contributed by atoms with van der Waals surface area (Å²) in [5, 5.41) is 0.175. The van der Waals surface area contributed by atoms with Crippen molar-refractivity contribution < 1.29 is 14.3 Å². The van der Waals surface area contributed by atoms with Gasteiger partial charge in [-0.3, -0.25) is 4.79 Å². The lowest BCUT2D eigenvalue weighted by Gasteiger charge is -2.08. The summed E-state index contributed by atoms with van der Waals surface area (Å²) in [6, 6.07) is 8.16. The zero-order valence-corrected chi connectivity index (χ0v) is 11.8. The van der Waals surface area contributed by atoms with Gasteiger partial charge in [0, 0.05) is 18.2 Å². The van der Waals surface area contributed by atoms with Crippen molar-refractivity contribution in [2.24, 2.45) is 0 Å². The fraction of sp³-hybridized carbons (Fsp3) is 0.400. The summed E-state index contributed by atoms with van der Waals surface area (Å²) in [7, 11) is 0. The molecular formula is C15H18O3S. The Morgan fingerprint density at radius 1 is 1.32 bits per heavy atom. The molecule has 0 saturated carbocycles. The molecule has 0 atom stereocenters. The van der Waals surface area contributed by atoms with E-state index in [0.29, 0.717) is 13.2 Å². The molecule has 19 heavy (non-hydrogen) atoms. The Bertz CT molecular complexity index is 433. The monoisotopic (exact) mass is 278 g/mol. The average molecular weight is 278 g/mol. The maximum atomic E-state index is 10.8. The van der Waals surface area contributed by atoms with Gasteiger partial charge < -0.3 is 9.47 Å². The highest BCUT2D eigenvalue weighted by Crippen LogP contribution is 2.23. The van der Waals surface area contributed by atoms with E-state index in [1.807, 2.05) is 12.1 Å². The number of carbonyl (C=O) groups excluding carboxylic acids is 1. The summed E-state index contributed by atoms with van der Waals surface area (Å²) in [5.41, 5.74) is 2.20. The van der Waals surface area contributed by atoms with Crippen molar-refractivity contribution in [2.75, 3.05) is 19.0 Å². The van der Waals surface area contributed by atoms with Crippen LogP contribution < -0.4 is 0 Å². The minimum absolute atomic E-state index is 0.175. The molecule has 102 valence electrons. The van der Waals surface area contributed by atoms with Gasteiger partial charge in [-0.15, -0.1) is 0 Å². The first-order valence-corrected chi connectivity index (χ1v) is 7.37. The van der Waals surface area contributed by atoms with Crippen LogP contribution in [0.15, 0.2) is 30.3 Å². The van der Waals surface area contributed by atoms with Crippen molar-refractivity contribution in [2.45, 2.75) is 19.6 Å². The van der Waals surface area contributed by atoms with E-state index in [-0.39, 0.29) is 11.4 Å². The Labute approximate surface area is 118 Å². The molecular weight excluding hydrogens is 260 g/mol. The van der Waals surface area contributed by atoms with E-state index in [2.05, 4.69) is 24.3 Å². The van der Waals surface area contributed by atoms with Crippen LogP contribution in [0.25, 0.3) is 6.08 Å². The second-order valence-corrected chi connectivity index (χ2v) is 5.54. The Morgan fingerprint density at radius 3 is 2.63 bits per heavy atom. The molecule has 1 aromatic rings. The number of hydrogen-bond donors (Lipinski definition) is 0. The van der Waals surface area contributed by atoms with Crippen molar-refractivity contribution in [1.29, 1.82) is 0 Å². The van der Waals surface area contributed by atoms with E-state index >= 15 is 0 Å². The van der Waals surface area contributed by atoms with Crippen molar-refractivity contribution in [1.82, 2.24) is 0 Å². The van der Waals surface area contributed by atoms with Crippen LogP contribution in [0.4, 0.5) is 0 Å². The molecule has 0 spiro atoms. The van der Waals surface area contributed by atoms with Gasteiger partial charge >= 0.3 is 0 Å². The molecule has 2 rings (SSSR count). The van der Waals surface area contributed by atoms with Gasteiger partial charge in [-0.2, -0.15) is 0 Å². The van der Waals surface area contributed by atoms with Crippen LogP contribution in [-0.4, -0.2) is 24.1 Å². The van der Waals surface area contributed by atoms with E-state index in [0.717, 1.165) is 23.3 Å². The summed E-state index contributed by atoms with van der Waals surface area (Å²) in [6.45, 7) is 2.93. The van der Waals surface area contributed by atoms with Crippen LogP contribution in [0.3, 0.4) is 0 Å². The van der Waals surface area contributed by atoms with Gasteiger partial charge in [0.25, 0.3) is 0 Å². The molecule has 1 aliphatic rings. The van der Waals surface area contributed by atoms with Gasteiger partial charge in [-0.25, -0.2) is 0 Å². The van der Waals surface area contributed by atoms with Crippen molar-refractivity contribution in [3.63, 3.8) is 0 Å². The third kappa shape index (κ3) is 4.82. The highest BCUT2D eigenvalue weighted by Gasteiger charge is 2.17. The highest BCUT2D eigenvalue weighted by molar-refractivity contribution is 8.13. The van der Waals surface area contributed by atoms with Crippen LogP contribution >= 0.6 is 11.8 Å². The van der Waals surface area contributed by atoms with Crippen LogP contribution in [0, 0.1) is 0 Å². The fourth-order valence-electron chi connectivity index (χ4n) is 1.81. The zero-order chi connectivity index (χ0) is 13.5. The van der Waals surface area contributed by atoms with Crippen LogP contribution in [-0.2, 0) is 14.3 Å². The van der Waals surface area contributed by atoms with E-state index in [4.69, 9.17) is 9.47 Å². The number of benzene rings is 1. The molecule has 4 heteroatoms. The van der Waals surface area contributed by atoms with E-state index < -0.39 is 0 Å². The van der Waals surface area contributed by atoms with Crippen molar-refractivity contribution in [3.05, 3.63) is 41.5 Å². The SMILES string of the molecule is CC(=O)SCCC=Cc1ccc(C2OCCO2)cc1. The van der Waals surface area contributed by atoms with Crippen LogP contribution in [0.1, 0.15) is 30.8 Å². The normalized spacial score (nSPS) is 16.3. The molecule has 3 nitrogen and oxygen atoms in total. The molecule has 0 bridgehead atoms. The van der Waals surface area contributed by atoms with E-state index in [1.54, 1.807) is 6.92 Å². The third-order valence-electron chi connectivity index (χ3n) is 2.73. The largest absolute Gasteiger partial charge is 0.346 e. The Balaban J connectivity index is 1.81. The molecule has 0 amide bonds. The lowest BCUT2D eigenvalue weighted by molar-refractivity contribution is -0.109. The van der Waals surface area contributed by atoms with E-state index in [9.17, 15) is 4.79 Å². The first kappa shape index (κ1) is 14.3. The van der Waals surface area contributed by atoms with Gasteiger partial charge in [-0.1, -0.05) is 48.2 Å². The summed E-state index contributed by atoms with van der Waals surface area (Å²) >= 11 is 1.36. The average Bonchev–Trinajstić information content (AvgIpc) is 2.93. The Hall–Kier alpha value is -1.10. The minimum Gasteiger partial charge on any atom is -0.346 e. The zero-order valence-electron chi connectivity index (χ0n) is 11.0. The molecule has 1 fully saturated rings. The fourth-order valence-corrected chi connectivity index (χ4v) is 2.35. The Kier molecular flexibility index (Phi) is 5.63. The standard InChI is InChI=1S/C15H18O3S/c1-12(16)19-11-3-2-4-13-5-7-14(8-6-13)15-17-9-10-18-15/h2,4-8,15H,3,9-11H2,1H3. The first-order chi connectivity index (χ1) is 9.25. The van der Waals surface area contributed by atoms with Gasteiger partial charge in [0.05, 0.1) is 13.2 Å². The second kappa shape index (κ2) is 7.48. The van der Waals surface area contributed by atoms with Crippen LogP contribution in [0.2, 0.25) is 0 Å². The predicted octanol–water partition coefficient (Wildman–Crippen LogP) is 3.42. The lowest BCUT2D eigenvalue weighted by Crippen LogP contribution is -1.97. The number of carbonyl (C=O) groups is 1. The molecule has 0 aromatic heterocycles. The van der Waals surface area contributed by atoms with Gasteiger partial charge in [-0.05, 0) is 12.0 Å². The number of allylic oxidation sites excluding steroid dienone is 1. The van der Waals surface area contributed by atoms with Crippen molar-refractivity contribution >= 4 is 23.0 Å². The molecule has 0 aliphatic carbocycles. The van der Waals surface area contributed by atoms with Gasteiger partial charge in [0.2, 0.25) is 0 Å². The molecule has 1 aromatic carbocycles. The van der Waals surface area contributed by atoms with E-state index in [1.165, 1.54) is 11.8 Å². The van der Waals surface area contributed by atoms with Crippen molar-refractivity contribution in [3.8, 4) is 0 Å². The maximum absolute atomic E-state index is 10.8. The van der Waals surface area contributed by atoms with Gasteiger partial charge in [0.1, 0.15) is 0 Å². The Morgan fingerprint density at radius 2 is 2.00 bits per heavy atom. The predicted molar refractivity (Wildman–Crippen MR) is 77.9 cm³/mol.